The molecule has 98 valence electrons. The molecule has 2 nitrogen and oxygen atoms in total. The van der Waals surface area contributed by atoms with Crippen LogP contribution >= 0.6 is 11.6 Å². The molecule has 0 aliphatic heterocycles. The zero-order valence-electron chi connectivity index (χ0n) is 10.8. The molecule has 2 aromatic rings. The number of nitrogens with zero attached hydrogens (tertiary/aromatic N) is 1. The number of fused-ring (bicyclic) bond motifs is 1. The monoisotopic (exact) mass is 265 g/mol. The summed E-state index contributed by atoms with van der Waals surface area (Å²) >= 11 is 6.01. The van der Waals surface area contributed by atoms with Gasteiger partial charge in [-0.15, -0.1) is 0 Å². The van der Waals surface area contributed by atoms with Gasteiger partial charge in [0.05, 0.1) is 0 Å². The third-order valence-corrected chi connectivity index (χ3v) is 3.68. The number of aromatic nitrogens is 1. The molecule has 0 fully saturated rings. The largest absolute Gasteiger partial charge is 0.396 e. The molecule has 0 bridgehead atoms. The van der Waals surface area contributed by atoms with Gasteiger partial charge in [-0.25, -0.2) is 0 Å². The summed E-state index contributed by atoms with van der Waals surface area (Å²) in [6.07, 6.45) is 5.49. The number of hydrogen-bond acceptors (Lipinski definition) is 1. The second kappa shape index (κ2) is 6.26. The molecule has 18 heavy (non-hydrogen) atoms. The van der Waals surface area contributed by atoms with Crippen molar-refractivity contribution in [3.8, 4) is 0 Å². The van der Waals surface area contributed by atoms with Crippen LogP contribution in [0.1, 0.15) is 31.4 Å². The van der Waals surface area contributed by atoms with E-state index in [2.05, 4.69) is 23.7 Å². The fourth-order valence-electron chi connectivity index (χ4n) is 2.39. The first-order valence-electron chi connectivity index (χ1n) is 6.57. The van der Waals surface area contributed by atoms with Gasteiger partial charge in [-0.2, -0.15) is 0 Å². The Labute approximate surface area is 113 Å². The summed E-state index contributed by atoms with van der Waals surface area (Å²) in [4.78, 5) is 0. The summed E-state index contributed by atoms with van der Waals surface area (Å²) in [6, 6.07) is 8.27. The lowest BCUT2D eigenvalue weighted by Crippen LogP contribution is -1.96. The molecule has 0 aliphatic rings. The lowest BCUT2D eigenvalue weighted by molar-refractivity contribution is 0.282. The predicted molar refractivity (Wildman–Crippen MR) is 77.2 cm³/mol. The van der Waals surface area contributed by atoms with Gasteiger partial charge in [0.25, 0.3) is 0 Å². The van der Waals surface area contributed by atoms with Crippen molar-refractivity contribution in [1.29, 1.82) is 0 Å². The fraction of sp³-hybridized carbons (Fsp3) is 0.467. The van der Waals surface area contributed by atoms with E-state index in [1.54, 1.807) is 0 Å². The molecular formula is C15H20ClNO. The lowest BCUT2D eigenvalue weighted by Gasteiger charge is -2.04. The highest BCUT2D eigenvalue weighted by atomic mass is 35.5. The summed E-state index contributed by atoms with van der Waals surface area (Å²) in [7, 11) is 2.11. The topological polar surface area (TPSA) is 25.2 Å². The average molecular weight is 266 g/mol. The minimum Gasteiger partial charge on any atom is -0.396 e. The van der Waals surface area contributed by atoms with E-state index in [4.69, 9.17) is 16.7 Å². The maximum absolute atomic E-state index is 8.73. The molecule has 0 amide bonds. The van der Waals surface area contributed by atoms with Crippen LogP contribution in [-0.2, 0) is 13.5 Å². The highest BCUT2D eigenvalue weighted by Gasteiger charge is 2.05. The predicted octanol–water partition coefficient (Wildman–Crippen LogP) is 3.93. The molecule has 1 aromatic carbocycles. The highest BCUT2D eigenvalue weighted by molar-refractivity contribution is 6.31. The van der Waals surface area contributed by atoms with Crippen LogP contribution in [0.5, 0.6) is 0 Å². The van der Waals surface area contributed by atoms with Crippen LogP contribution in [0.2, 0.25) is 5.02 Å². The number of unbranched alkanes of at least 4 members (excludes halogenated alkanes) is 3. The molecule has 2 rings (SSSR count). The van der Waals surface area contributed by atoms with Crippen LogP contribution in [0, 0.1) is 0 Å². The Bertz CT molecular complexity index is 518. The molecule has 0 radical (unpaired) electrons. The molecule has 0 saturated heterocycles. The Balaban J connectivity index is 2.02. The van der Waals surface area contributed by atoms with Crippen LogP contribution in [0.25, 0.3) is 10.9 Å². The van der Waals surface area contributed by atoms with Gasteiger partial charge in [-0.3, -0.25) is 0 Å². The minimum absolute atomic E-state index is 0.312. The Hall–Kier alpha value is -0.990. The summed E-state index contributed by atoms with van der Waals surface area (Å²) in [5.41, 5.74) is 2.60. The maximum atomic E-state index is 8.73. The van der Waals surface area contributed by atoms with E-state index >= 15 is 0 Å². The second-order valence-electron chi connectivity index (χ2n) is 4.79. The maximum Gasteiger partial charge on any atom is 0.0480 e. The molecule has 0 aliphatic carbocycles. The highest BCUT2D eigenvalue weighted by Crippen LogP contribution is 2.23. The first kappa shape index (κ1) is 13.4. The number of aliphatic hydroxyl groups is 1. The van der Waals surface area contributed by atoms with Gasteiger partial charge in [0.1, 0.15) is 0 Å². The molecular weight excluding hydrogens is 246 g/mol. The minimum atomic E-state index is 0.312. The molecule has 1 aromatic heterocycles. The number of benzene rings is 1. The summed E-state index contributed by atoms with van der Waals surface area (Å²) in [5, 5.41) is 10.7. The second-order valence-corrected chi connectivity index (χ2v) is 5.22. The number of hydrogen-bond donors (Lipinski definition) is 1. The Morgan fingerprint density at radius 3 is 2.67 bits per heavy atom. The van der Waals surface area contributed by atoms with Gasteiger partial charge >= 0.3 is 0 Å². The van der Waals surface area contributed by atoms with Gasteiger partial charge in [0, 0.05) is 35.3 Å². The van der Waals surface area contributed by atoms with Crippen molar-refractivity contribution in [2.75, 3.05) is 6.61 Å². The van der Waals surface area contributed by atoms with Crippen LogP contribution in [-0.4, -0.2) is 16.3 Å². The van der Waals surface area contributed by atoms with Crippen molar-refractivity contribution in [2.24, 2.45) is 7.05 Å². The first-order valence-corrected chi connectivity index (χ1v) is 6.95. The van der Waals surface area contributed by atoms with Gasteiger partial charge in [-0.1, -0.05) is 24.4 Å². The van der Waals surface area contributed by atoms with E-state index in [1.165, 1.54) is 29.4 Å². The summed E-state index contributed by atoms with van der Waals surface area (Å²) in [6.45, 7) is 0.312. The quantitative estimate of drug-likeness (QED) is 0.787. The molecule has 0 unspecified atom stereocenters. The normalized spacial score (nSPS) is 11.3. The van der Waals surface area contributed by atoms with Crippen LogP contribution < -0.4 is 0 Å². The number of rotatable bonds is 6. The van der Waals surface area contributed by atoms with Crippen molar-refractivity contribution in [1.82, 2.24) is 4.57 Å². The third kappa shape index (κ3) is 3.06. The van der Waals surface area contributed by atoms with Crippen LogP contribution in [0.15, 0.2) is 24.3 Å². The van der Waals surface area contributed by atoms with Crippen molar-refractivity contribution in [2.45, 2.75) is 32.1 Å². The zero-order chi connectivity index (χ0) is 13.0. The van der Waals surface area contributed by atoms with E-state index in [0.717, 1.165) is 24.3 Å². The number of halogens is 1. The third-order valence-electron chi connectivity index (χ3n) is 3.44. The average Bonchev–Trinajstić information content (AvgIpc) is 2.65. The van der Waals surface area contributed by atoms with E-state index in [1.807, 2.05) is 12.1 Å². The SMILES string of the molecule is Cn1c(CCCCCCO)cc2cc(Cl)ccc21. The smallest absolute Gasteiger partial charge is 0.0480 e. The van der Waals surface area contributed by atoms with E-state index in [0.29, 0.717) is 6.61 Å². The van der Waals surface area contributed by atoms with Crippen LogP contribution in [0.4, 0.5) is 0 Å². The summed E-state index contributed by atoms with van der Waals surface area (Å²) < 4.78 is 2.25. The molecule has 1 N–H and O–H groups in total. The van der Waals surface area contributed by atoms with E-state index in [-0.39, 0.29) is 0 Å². The molecule has 0 atom stereocenters. The van der Waals surface area contributed by atoms with Gasteiger partial charge < -0.3 is 9.67 Å². The van der Waals surface area contributed by atoms with Gasteiger partial charge in [-0.05, 0) is 43.5 Å². The Kier molecular flexibility index (Phi) is 4.67. The molecule has 0 saturated carbocycles. The lowest BCUT2D eigenvalue weighted by atomic mass is 10.1. The van der Waals surface area contributed by atoms with Crippen molar-refractivity contribution >= 4 is 22.5 Å². The van der Waals surface area contributed by atoms with Gasteiger partial charge in [0.2, 0.25) is 0 Å². The molecule has 3 heteroatoms. The van der Waals surface area contributed by atoms with Crippen LogP contribution in [0.3, 0.4) is 0 Å². The first-order chi connectivity index (χ1) is 8.72. The van der Waals surface area contributed by atoms with E-state index in [9.17, 15) is 0 Å². The Morgan fingerprint density at radius 2 is 1.89 bits per heavy atom. The summed E-state index contributed by atoms with van der Waals surface area (Å²) in [5.74, 6) is 0. The molecule has 1 heterocycles. The fourth-order valence-corrected chi connectivity index (χ4v) is 2.57. The Morgan fingerprint density at radius 1 is 1.11 bits per heavy atom. The van der Waals surface area contributed by atoms with Crippen molar-refractivity contribution < 1.29 is 5.11 Å². The standard InChI is InChI=1S/C15H20ClNO/c1-17-14(6-4-2-3-5-9-18)11-12-10-13(16)7-8-15(12)17/h7-8,10-11,18H,2-6,9H2,1H3. The van der Waals surface area contributed by atoms with Crippen molar-refractivity contribution in [3.63, 3.8) is 0 Å². The van der Waals surface area contributed by atoms with Gasteiger partial charge in [0.15, 0.2) is 0 Å². The molecule has 0 spiro atoms. The zero-order valence-corrected chi connectivity index (χ0v) is 11.6. The number of aryl methyl sites for hydroxylation is 2. The van der Waals surface area contributed by atoms with E-state index < -0.39 is 0 Å². The number of aliphatic hydroxyl groups excluding tert-OH is 1. The van der Waals surface area contributed by atoms with Crippen molar-refractivity contribution in [3.05, 3.63) is 35.0 Å².